The molecule has 2 aromatic heterocycles. The minimum absolute atomic E-state index is 0.132. The van der Waals surface area contributed by atoms with Crippen LogP contribution in [-0.2, 0) is 4.79 Å². The van der Waals surface area contributed by atoms with Gasteiger partial charge in [-0.2, -0.15) is 0 Å². The van der Waals surface area contributed by atoms with Gasteiger partial charge in [-0.3, -0.25) is 9.59 Å². The third-order valence-corrected chi connectivity index (χ3v) is 8.29. The summed E-state index contributed by atoms with van der Waals surface area (Å²) in [6, 6.07) is 26.9. The van der Waals surface area contributed by atoms with Crippen LogP contribution in [0.5, 0.6) is 0 Å². The Labute approximate surface area is 215 Å². The largest absolute Gasteiger partial charge is 0.321 e. The number of thioether (sulfide) groups is 1. The van der Waals surface area contributed by atoms with Crippen molar-refractivity contribution < 1.29 is 9.59 Å². The normalized spacial score (nSPS) is 11.8. The molecule has 5 rings (SSSR count). The van der Waals surface area contributed by atoms with Gasteiger partial charge in [-0.1, -0.05) is 53.8 Å². The van der Waals surface area contributed by atoms with Gasteiger partial charge in [0.1, 0.15) is 5.25 Å². The molecule has 2 heterocycles. The van der Waals surface area contributed by atoms with E-state index in [0.29, 0.717) is 15.7 Å². The maximum Gasteiger partial charge on any atom is 0.265 e. The molecule has 5 nitrogen and oxygen atoms in total. The summed E-state index contributed by atoms with van der Waals surface area (Å²) in [4.78, 5) is 31.8. The molecule has 1 unspecified atom stereocenters. The number of carbonyl (C=O) groups excluding carboxylic acids is 2. The molecule has 0 saturated heterocycles. The fourth-order valence-corrected chi connectivity index (χ4v) is 6.12. The predicted molar refractivity (Wildman–Crippen MR) is 147 cm³/mol. The first-order valence-electron chi connectivity index (χ1n) is 10.9. The second-order valence-corrected chi connectivity index (χ2v) is 11.0. The fraction of sp³-hybridized carbons (Fsp3) is 0.0741. The molecule has 1 atom stereocenters. The Morgan fingerprint density at radius 3 is 2.46 bits per heavy atom. The second-order valence-electron chi connectivity index (χ2n) is 7.84. The minimum Gasteiger partial charge on any atom is -0.321 e. The highest BCUT2D eigenvalue weighted by atomic mass is 32.2. The van der Waals surface area contributed by atoms with Crippen LogP contribution in [0.25, 0.3) is 10.2 Å². The second kappa shape index (κ2) is 10.4. The number of fused-ring (bicyclic) bond motifs is 1. The predicted octanol–water partition coefficient (Wildman–Crippen LogP) is 7.39. The number of amides is 2. The average Bonchev–Trinajstić information content (AvgIpc) is 3.54. The minimum atomic E-state index is -0.462. The van der Waals surface area contributed by atoms with Gasteiger partial charge in [0.2, 0.25) is 5.91 Å². The van der Waals surface area contributed by atoms with E-state index in [1.54, 1.807) is 6.07 Å². The highest BCUT2D eigenvalue weighted by Crippen LogP contribution is 2.37. The molecule has 0 aliphatic carbocycles. The number of nitrogens with one attached hydrogen (secondary N) is 2. The number of rotatable bonds is 7. The molecule has 0 radical (unpaired) electrons. The molecule has 174 valence electrons. The van der Waals surface area contributed by atoms with Crippen LogP contribution in [0.4, 0.5) is 10.8 Å². The molecule has 35 heavy (non-hydrogen) atoms. The van der Waals surface area contributed by atoms with Gasteiger partial charge in [-0.05, 0) is 65.9 Å². The number of aryl methyl sites for hydroxylation is 1. The highest BCUT2D eigenvalue weighted by Gasteiger charge is 2.23. The van der Waals surface area contributed by atoms with Crippen LogP contribution in [0, 0.1) is 6.92 Å². The Morgan fingerprint density at radius 1 is 0.914 bits per heavy atom. The van der Waals surface area contributed by atoms with E-state index in [2.05, 4.69) is 21.7 Å². The standard InChI is InChI=1S/C27H21N3O2S3/c1-17-9-14-21-23(16-17)35-27(29-21)30-26(32)24(18-6-3-2-4-7-18)34-20-12-10-19(11-13-20)28-25(31)22-8-5-15-33-22/h2-16,24H,1H3,(H,28,31)(H,29,30,32). The summed E-state index contributed by atoms with van der Waals surface area (Å²) >= 11 is 4.33. The summed E-state index contributed by atoms with van der Waals surface area (Å²) < 4.78 is 1.05. The van der Waals surface area contributed by atoms with Crippen LogP contribution >= 0.6 is 34.4 Å². The lowest BCUT2D eigenvalue weighted by atomic mass is 10.1. The molecule has 0 fully saturated rings. The van der Waals surface area contributed by atoms with Crippen molar-refractivity contribution in [2.24, 2.45) is 0 Å². The smallest absolute Gasteiger partial charge is 0.265 e. The van der Waals surface area contributed by atoms with Crippen LogP contribution in [0.15, 0.2) is 95.2 Å². The van der Waals surface area contributed by atoms with Gasteiger partial charge in [-0.25, -0.2) is 4.98 Å². The van der Waals surface area contributed by atoms with Crippen molar-refractivity contribution >= 4 is 67.3 Å². The SMILES string of the molecule is Cc1ccc2nc(NC(=O)C(Sc3ccc(NC(=O)c4cccs4)cc3)c3ccccc3)sc2c1. The van der Waals surface area contributed by atoms with Crippen molar-refractivity contribution in [2.75, 3.05) is 10.6 Å². The molecule has 5 aromatic rings. The lowest BCUT2D eigenvalue weighted by Gasteiger charge is -2.16. The summed E-state index contributed by atoms with van der Waals surface area (Å²) in [6.45, 7) is 2.04. The van der Waals surface area contributed by atoms with Gasteiger partial charge >= 0.3 is 0 Å². The van der Waals surface area contributed by atoms with Crippen LogP contribution in [-0.4, -0.2) is 16.8 Å². The number of nitrogens with zero attached hydrogens (tertiary/aromatic N) is 1. The molecule has 0 bridgehead atoms. The molecule has 3 aromatic carbocycles. The first-order valence-corrected chi connectivity index (χ1v) is 13.5. The third kappa shape index (κ3) is 5.62. The number of hydrogen-bond acceptors (Lipinski definition) is 6. The number of anilines is 2. The van der Waals surface area contributed by atoms with Gasteiger partial charge < -0.3 is 10.6 Å². The van der Waals surface area contributed by atoms with Crippen molar-refractivity contribution in [2.45, 2.75) is 17.1 Å². The Kier molecular flexibility index (Phi) is 6.94. The summed E-state index contributed by atoms with van der Waals surface area (Å²) in [6.07, 6.45) is 0. The molecular formula is C27H21N3O2S3. The van der Waals surface area contributed by atoms with Crippen molar-refractivity contribution in [1.82, 2.24) is 4.98 Å². The van der Waals surface area contributed by atoms with E-state index in [1.807, 2.05) is 85.1 Å². The Morgan fingerprint density at radius 2 is 1.71 bits per heavy atom. The van der Waals surface area contributed by atoms with E-state index in [-0.39, 0.29) is 11.8 Å². The molecule has 0 spiro atoms. The molecule has 0 aliphatic rings. The van der Waals surface area contributed by atoms with E-state index in [9.17, 15) is 9.59 Å². The van der Waals surface area contributed by atoms with Crippen molar-refractivity contribution in [3.05, 3.63) is 106 Å². The Hall–Kier alpha value is -3.46. The molecule has 2 amide bonds. The van der Waals surface area contributed by atoms with Gasteiger partial charge in [0, 0.05) is 10.6 Å². The Balaban J connectivity index is 1.33. The van der Waals surface area contributed by atoms with Gasteiger partial charge in [0.25, 0.3) is 5.91 Å². The topological polar surface area (TPSA) is 71.1 Å². The zero-order valence-electron chi connectivity index (χ0n) is 18.7. The maximum absolute atomic E-state index is 13.4. The van der Waals surface area contributed by atoms with Crippen LogP contribution in [0.3, 0.4) is 0 Å². The van der Waals surface area contributed by atoms with Gasteiger partial charge in [0.15, 0.2) is 5.13 Å². The van der Waals surface area contributed by atoms with Crippen molar-refractivity contribution in [3.8, 4) is 0 Å². The maximum atomic E-state index is 13.4. The number of aromatic nitrogens is 1. The number of hydrogen-bond donors (Lipinski definition) is 2. The van der Waals surface area contributed by atoms with E-state index in [1.165, 1.54) is 34.4 Å². The summed E-state index contributed by atoms with van der Waals surface area (Å²) in [5.41, 5.74) is 3.65. The monoisotopic (exact) mass is 515 g/mol. The zero-order valence-corrected chi connectivity index (χ0v) is 21.2. The lowest BCUT2D eigenvalue weighted by molar-refractivity contribution is -0.115. The van der Waals surface area contributed by atoms with Crippen LogP contribution in [0.1, 0.15) is 26.0 Å². The summed E-state index contributed by atoms with van der Waals surface area (Å²) in [5.74, 6) is -0.264. The number of thiazole rings is 1. The van der Waals surface area contributed by atoms with E-state index in [0.717, 1.165) is 26.2 Å². The van der Waals surface area contributed by atoms with E-state index in [4.69, 9.17) is 0 Å². The first-order chi connectivity index (χ1) is 17.0. The molecule has 2 N–H and O–H groups in total. The zero-order chi connectivity index (χ0) is 24.2. The number of thiophene rings is 1. The first kappa shape index (κ1) is 23.3. The number of carbonyl (C=O) groups is 2. The molecule has 8 heteroatoms. The fourth-order valence-electron chi connectivity index (χ4n) is 3.51. The Bertz CT molecular complexity index is 1460. The number of benzene rings is 3. The molecular weight excluding hydrogens is 495 g/mol. The molecule has 0 aliphatic heterocycles. The lowest BCUT2D eigenvalue weighted by Crippen LogP contribution is -2.18. The quantitative estimate of drug-likeness (QED) is 0.222. The highest BCUT2D eigenvalue weighted by molar-refractivity contribution is 8.00. The van der Waals surface area contributed by atoms with E-state index >= 15 is 0 Å². The van der Waals surface area contributed by atoms with Crippen LogP contribution < -0.4 is 10.6 Å². The van der Waals surface area contributed by atoms with Crippen molar-refractivity contribution in [1.29, 1.82) is 0 Å². The van der Waals surface area contributed by atoms with E-state index < -0.39 is 5.25 Å². The molecule has 0 saturated carbocycles. The summed E-state index contributed by atoms with van der Waals surface area (Å²) in [7, 11) is 0. The van der Waals surface area contributed by atoms with Gasteiger partial charge in [0.05, 0.1) is 15.1 Å². The third-order valence-electron chi connectivity index (χ3n) is 5.23. The van der Waals surface area contributed by atoms with Crippen LogP contribution in [0.2, 0.25) is 0 Å². The summed E-state index contributed by atoms with van der Waals surface area (Å²) in [5, 5.41) is 7.92. The van der Waals surface area contributed by atoms with Gasteiger partial charge in [-0.15, -0.1) is 23.1 Å². The van der Waals surface area contributed by atoms with Crippen molar-refractivity contribution in [3.63, 3.8) is 0 Å². The average molecular weight is 516 g/mol.